The third-order valence-electron chi connectivity index (χ3n) is 2.93. The second-order valence-electron chi connectivity index (χ2n) is 4.16. The van der Waals surface area contributed by atoms with Crippen LogP contribution < -0.4 is 10.6 Å². The maximum Gasteiger partial charge on any atom is 0.325 e. The number of carbonyl (C=O) groups excluding carboxylic acids is 1. The summed E-state index contributed by atoms with van der Waals surface area (Å²) in [7, 11) is 0. The maximum atomic E-state index is 11.3. The van der Waals surface area contributed by atoms with Crippen LogP contribution in [-0.4, -0.2) is 29.2 Å². The fourth-order valence-electron chi connectivity index (χ4n) is 1.56. The summed E-state index contributed by atoms with van der Waals surface area (Å²) < 4.78 is 0. The minimum atomic E-state index is -1.03. The zero-order valence-corrected chi connectivity index (χ0v) is 9.12. The number of hydrogen-bond acceptors (Lipinski definition) is 2. The molecule has 1 rings (SSSR count). The molecule has 0 spiro atoms. The number of hydrogen-bond donors (Lipinski definition) is 3. The van der Waals surface area contributed by atoms with Crippen LogP contribution in [0.15, 0.2) is 0 Å². The van der Waals surface area contributed by atoms with Gasteiger partial charge in [-0.1, -0.05) is 6.42 Å². The van der Waals surface area contributed by atoms with E-state index in [2.05, 4.69) is 10.6 Å². The van der Waals surface area contributed by atoms with Gasteiger partial charge in [-0.15, -0.1) is 0 Å². The van der Waals surface area contributed by atoms with Gasteiger partial charge in [0.05, 0.1) is 0 Å². The van der Waals surface area contributed by atoms with Crippen molar-refractivity contribution in [2.75, 3.05) is 0 Å². The number of rotatable bonds is 4. The predicted molar refractivity (Wildman–Crippen MR) is 55.6 cm³/mol. The average Bonchev–Trinajstić information content (AvgIpc) is 1.99. The molecular weight excluding hydrogens is 196 g/mol. The maximum absolute atomic E-state index is 11.3. The highest BCUT2D eigenvalue weighted by molar-refractivity contribution is 5.82. The highest BCUT2D eigenvalue weighted by Gasteiger charge is 2.25. The Morgan fingerprint density at radius 2 is 1.87 bits per heavy atom. The first-order chi connectivity index (χ1) is 7.00. The molecule has 5 nitrogen and oxygen atoms in total. The summed E-state index contributed by atoms with van der Waals surface area (Å²) in [5, 5.41) is 13.7. The van der Waals surface area contributed by atoms with Gasteiger partial charge in [-0.2, -0.15) is 0 Å². The molecule has 1 aliphatic carbocycles. The van der Waals surface area contributed by atoms with Gasteiger partial charge in [0, 0.05) is 6.04 Å². The predicted octanol–water partition coefficient (Wildman–Crippen LogP) is 0.947. The van der Waals surface area contributed by atoms with Crippen LogP contribution in [0.3, 0.4) is 0 Å². The van der Waals surface area contributed by atoms with Crippen molar-refractivity contribution < 1.29 is 14.7 Å². The van der Waals surface area contributed by atoms with E-state index < -0.39 is 18.0 Å². The largest absolute Gasteiger partial charge is 0.480 e. The van der Waals surface area contributed by atoms with Gasteiger partial charge < -0.3 is 15.7 Å². The van der Waals surface area contributed by atoms with Crippen molar-refractivity contribution in [3.63, 3.8) is 0 Å². The SMILES string of the molecule is CC(NC(=O)N[C@@H](C)C(=O)O)C1CCC1. The van der Waals surface area contributed by atoms with E-state index >= 15 is 0 Å². The molecule has 0 aliphatic heterocycles. The molecule has 3 N–H and O–H groups in total. The number of carboxylic acid groups (broad SMARTS) is 1. The number of carboxylic acids is 1. The van der Waals surface area contributed by atoms with Gasteiger partial charge in [-0.05, 0) is 32.6 Å². The van der Waals surface area contributed by atoms with Crippen LogP contribution in [0.1, 0.15) is 33.1 Å². The number of aliphatic carboxylic acids is 1. The summed E-state index contributed by atoms with van der Waals surface area (Å²) in [4.78, 5) is 21.8. The van der Waals surface area contributed by atoms with Crippen LogP contribution in [0.5, 0.6) is 0 Å². The molecule has 0 aromatic heterocycles. The molecule has 15 heavy (non-hydrogen) atoms. The Kier molecular flexibility index (Phi) is 3.94. The lowest BCUT2D eigenvalue weighted by molar-refractivity contribution is -0.138. The molecule has 0 aromatic rings. The van der Waals surface area contributed by atoms with Crippen molar-refractivity contribution in [2.24, 2.45) is 5.92 Å². The number of nitrogens with one attached hydrogen (secondary N) is 2. The molecule has 1 saturated carbocycles. The molecule has 0 radical (unpaired) electrons. The highest BCUT2D eigenvalue weighted by atomic mass is 16.4. The van der Waals surface area contributed by atoms with E-state index in [0.717, 1.165) is 12.8 Å². The Morgan fingerprint density at radius 3 is 2.27 bits per heavy atom. The Morgan fingerprint density at radius 1 is 1.27 bits per heavy atom. The number of carbonyl (C=O) groups is 2. The van der Waals surface area contributed by atoms with Gasteiger partial charge >= 0.3 is 12.0 Å². The topological polar surface area (TPSA) is 78.4 Å². The lowest BCUT2D eigenvalue weighted by atomic mass is 9.80. The molecule has 0 saturated heterocycles. The van der Waals surface area contributed by atoms with E-state index in [1.54, 1.807) is 0 Å². The molecule has 86 valence electrons. The highest BCUT2D eigenvalue weighted by Crippen LogP contribution is 2.29. The molecule has 2 atom stereocenters. The zero-order valence-electron chi connectivity index (χ0n) is 9.12. The third-order valence-corrected chi connectivity index (χ3v) is 2.93. The summed E-state index contributed by atoms with van der Waals surface area (Å²) >= 11 is 0. The van der Waals surface area contributed by atoms with Gasteiger partial charge in [-0.3, -0.25) is 4.79 Å². The van der Waals surface area contributed by atoms with Gasteiger partial charge in [-0.25, -0.2) is 4.79 Å². The molecule has 1 aliphatic rings. The van der Waals surface area contributed by atoms with Crippen LogP contribution in [0.2, 0.25) is 0 Å². The van der Waals surface area contributed by atoms with Crippen LogP contribution in [0.25, 0.3) is 0 Å². The normalized spacial score (nSPS) is 19.9. The Balaban J connectivity index is 2.25. The van der Waals surface area contributed by atoms with E-state index in [9.17, 15) is 9.59 Å². The van der Waals surface area contributed by atoms with Gasteiger partial charge in [0.15, 0.2) is 0 Å². The minimum Gasteiger partial charge on any atom is -0.480 e. The molecule has 0 bridgehead atoms. The van der Waals surface area contributed by atoms with E-state index in [1.165, 1.54) is 13.3 Å². The first kappa shape index (κ1) is 11.8. The monoisotopic (exact) mass is 214 g/mol. The van der Waals surface area contributed by atoms with Crippen molar-refractivity contribution in [3.8, 4) is 0 Å². The summed E-state index contributed by atoms with van der Waals surface area (Å²) in [6, 6.07) is -1.12. The fourth-order valence-corrected chi connectivity index (χ4v) is 1.56. The quantitative estimate of drug-likeness (QED) is 0.652. The first-order valence-corrected chi connectivity index (χ1v) is 5.30. The van der Waals surface area contributed by atoms with Crippen LogP contribution >= 0.6 is 0 Å². The average molecular weight is 214 g/mol. The second-order valence-corrected chi connectivity index (χ2v) is 4.16. The van der Waals surface area contributed by atoms with Crippen molar-refractivity contribution >= 4 is 12.0 Å². The molecule has 1 fully saturated rings. The number of urea groups is 1. The molecule has 5 heteroatoms. The van der Waals surface area contributed by atoms with E-state index in [0.29, 0.717) is 5.92 Å². The van der Waals surface area contributed by atoms with E-state index in [-0.39, 0.29) is 6.04 Å². The number of amides is 2. The Bertz CT molecular complexity index is 251. The van der Waals surface area contributed by atoms with Crippen molar-refractivity contribution in [1.82, 2.24) is 10.6 Å². The summed E-state index contributed by atoms with van der Waals surface area (Å²) in [5.74, 6) is -0.475. The summed E-state index contributed by atoms with van der Waals surface area (Å²) in [6.45, 7) is 3.39. The lowest BCUT2D eigenvalue weighted by Gasteiger charge is -2.32. The van der Waals surface area contributed by atoms with E-state index in [4.69, 9.17) is 5.11 Å². The Hall–Kier alpha value is -1.26. The van der Waals surface area contributed by atoms with Crippen LogP contribution in [0, 0.1) is 5.92 Å². The second kappa shape index (κ2) is 5.00. The zero-order chi connectivity index (χ0) is 11.4. The molecule has 2 amide bonds. The fraction of sp³-hybridized carbons (Fsp3) is 0.800. The Labute approximate surface area is 89.2 Å². The molecule has 0 aromatic carbocycles. The van der Waals surface area contributed by atoms with Gasteiger partial charge in [0.2, 0.25) is 0 Å². The molecule has 0 heterocycles. The van der Waals surface area contributed by atoms with Crippen molar-refractivity contribution in [1.29, 1.82) is 0 Å². The first-order valence-electron chi connectivity index (χ1n) is 5.30. The van der Waals surface area contributed by atoms with Gasteiger partial charge in [0.25, 0.3) is 0 Å². The lowest BCUT2D eigenvalue weighted by Crippen LogP contribution is -2.49. The smallest absolute Gasteiger partial charge is 0.325 e. The van der Waals surface area contributed by atoms with Crippen molar-refractivity contribution in [2.45, 2.75) is 45.2 Å². The minimum absolute atomic E-state index is 0.125. The van der Waals surface area contributed by atoms with Crippen molar-refractivity contribution in [3.05, 3.63) is 0 Å². The van der Waals surface area contributed by atoms with Gasteiger partial charge in [0.1, 0.15) is 6.04 Å². The van der Waals surface area contributed by atoms with Crippen LogP contribution in [0.4, 0.5) is 4.79 Å². The summed E-state index contributed by atoms with van der Waals surface area (Å²) in [5.41, 5.74) is 0. The van der Waals surface area contributed by atoms with Crippen LogP contribution in [-0.2, 0) is 4.79 Å². The standard InChI is InChI=1S/C10H18N2O3/c1-6(8-4-3-5-8)11-10(15)12-7(2)9(13)14/h6-8H,3-5H2,1-2H3,(H,13,14)(H2,11,12,15)/t6?,7-/m0/s1. The van der Waals surface area contributed by atoms with E-state index in [1.807, 2.05) is 6.92 Å². The molecule has 1 unspecified atom stereocenters. The molecular formula is C10H18N2O3. The summed E-state index contributed by atoms with van der Waals surface area (Å²) in [6.07, 6.45) is 3.52. The third kappa shape index (κ3) is 3.42.